The Bertz CT molecular complexity index is 3050. The maximum atomic E-state index is 16.0. The Labute approximate surface area is 407 Å². The lowest BCUT2D eigenvalue weighted by Gasteiger charge is -2.39. The van der Waals surface area contributed by atoms with Gasteiger partial charge in [0, 0.05) is 29.4 Å². The van der Waals surface area contributed by atoms with Gasteiger partial charge in [0.1, 0.15) is 17.2 Å². The van der Waals surface area contributed by atoms with Crippen LogP contribution in [-0.4, -0.2) is 80.8 Å². The van der Waals surface area contributed by atoms with Gasteiger partial charge >= 0.3 is 0 Å². The summed E-state index contributed by atoms with van der Waals surface area (Å²) in [5.74, 6) is 0.590. The van der Waals surface area contributed by atoms with Crippen LogP contribution >= 0.6 is 0 Å². The third kappa shape index (κ3) is 7.35. The molecule has 0 radical (unpaired) electrons. The number of anilines is 5. The van der Waals surface area contributed by atoms with Gasteiger partial charge in [0.15, 0.2) is 18.8 Å². The molecule has 5 aliphatic rings. The van der Waals surface area contributed by atoms with E-state index < -0.39 is 31.7 Å². The Morgan fingerprint density at radius 1 is 0.743 bits per heavy atom. The number of ether oxygens (including phenoxy) is 4. The predicted octanol–water partition coefficient (Wildman–Crippen LogP) is 7.91. The lowest BCUT2D eigenvalue weighted by atomic mass is 9.82. The van der Waals surface area contributed by atoms with Crippen molar-refractivity contribution in [1.29, 1.82) is 0 Å². The summed E-state index contributed by atoms with van der Waals surface area (Å²) in [7, 11) is -1.06. The first kappa shape index (κ1) is 45.2. The van der Waals surface area contributed by atoms with E-state index in [1.54, 1.807) is 26.7 Å². The van der Waals surface area contributed by atoms with E-state index in [2.05, 4.69) is 38.2 Å². The molecule has 6 aromatic carbocycles. The molecule has 1 spiro atoms. The molecule has 1 fully saturated rings. The van der Waals surface area contributed by atoms with E-state index in [-0.39, 0.29) is 62.0 Å². The minimum atomic E-state index is -2.70. The molecule has 70 heavy (non-hydrogen) atoms. The van der Waals surface area contributed by atoms with Crippen LogP contribution in [0.2, 0.25) is 18.6 Å². The summed E-state index contributed by atoms with van der Waals surface area (Å²) in [6, 6.07) is 43.8. The van der Waals surface area contributed by atoms with Crippen molar-refractivity contribution >= 4 is 65.3 Å². The lowest BCUT2D eigenvalue weighted by Crippen LogP contribution is -2.52. The van der Waals surface area contributed by atoms with E-state index in [0.29, 0.717) is 58.5 Å². The third-order valence-electron chi connectivity index (χ3n) is 15.3. The van der Waals surface area contributed by atoms with Crippen LogP contribution in [0.3, 0.4) is 0 Å². The number of hydrogen-bond acceptors (Lipinski definition) is 9. The second kappa shape index (κ2) is 17.6. The number of rotatable bonds is 10. The molecule has 0 saturated carbocycles. The zero-order valence-electron chi connectivity index (χ0n) is 39.5. The highest BCUT2D eigenvalue weighted by Gasteiger charge is 2.67. The number of hydrogen-bond donors (Lipinski definition) is 1. The monoisotopic (exact) mass is 954 g/mol. The van der Waals surface area contributed by atoms with Gasteiger partial charge in [-0.3, -0.25) is 29.0 Å². The van der Waals surface area contributed by atoms with Crippen LogP contribution in [0.4, 0.5) is 28.4 Å². The van der Waals surface area contributed by atoms with Gasteiger partial charge in [-0.05, 0) is 95.4 Å². The van der Waals surface area contributed by atoms with Crippen molar-refractivity contribution in [3.63, 3.8) is 0 Å². The molecular formula is C56H54N4O9Si. The van der Waals surface area contributed by atoms with Gasteiger partial charge in [-0.15, -0.1) is 0 Å². The summed E-state index contributed by atoms with van der Waals surface area (Å²) in [6.45, 7) is 6.75. The number of aliphatic hydroxyl groups is 1. The molecule has 14 heteroatoms. The van der Waals surface area contributed by atoms with Crippen molar-refractivity contribution in [1.82, 2.24) is 4.90 Å². The van der Waals surface area contributed by atoms with Crippen molar-refractivity contribution in [2.45, 2.75) is 69.2 Å². The molecule has 0 aliphatic carbocycles. The first-order valence-corrected chi connectivity index (χ1v) is 26.9. The van der Waals surface area contributed by atoms with E-state index in [0.717, 1.165) is 27.6 Å². The van der Waals surface area contributed by atoms with Crippen LogP contribution in [0.1, 0.15) is 35.6 Å². The molecule has 356 valence electrons. The molecule has 1 saturated heterocycles. The molecule has 0 bridgehead atoms. The lowest BCUT2D eigenvalue weighted by molar-refractivity contribution is -0.151. The summed E-state index contributed by atoms with van der Waals surface area (Å²) in [5, 5.41) is 11.8. The van der Waals surface area contributed by atoms with Crippen molar-refractivity contribution in [2.24, 2.45) is 5.92 Å². The van der Waals surface area contributed by atoms with Gasteiger partial charge in [-0.1, -0.05) is 98.0 Å². The number of carbonyl (C=O) groups excluding carboxylic acids is 4. The summed E-state index contributed by atoms with van der Waals surface area (Å²) in [6.07, 6.45) is -0.184. The zero-order valence-corrected chi connectivity index (χ0v) is 40.5. The summed E-state index contributed by atoms with van der Waals surface area (Å²) in [5.41, 5.74) is 4.86. The van der Waals surface area contributed by atoms with Crippen molar-refractivity contribution in [3.8, 4) is 17.2 Å². The summed E-state index contributed by atoms with van der Waals surface area (Å²) >= 11 is 0. The number of fused-ring (bicyclic) bond motifs is 5. The maximum absolute atomic E-state index is 16.0. The minimum absolute atomic E-state index is 0.00944. The van der Waals surface area contributed by atoms with Gasteiger partial charge in [-0.2, -0.15) is 0 Å². The predicted molar refractivity (Wildman–Crippen MR) is 268 cm³/mol. The highest BCUT2D eigenvalue weighted by molar-refractivity contribution is 6.91. The number of aliphatic hydroxyl groups excluding tert-OH is 1. The average Bonchev–Trinajstić information content (AvgIpc) is 3.81. The van der Waals surface area contributed by atoms with Crippen LogP contribution in [0.5, 0.6) is 17.2 Å². The molecule has 1 N–H and O–H groups in total. The Morgan fingerprint density at radius 2 is 1.34 bits per heavy atom. The van der Waals surface area contributed by atoms with Crippen LogP contribution in [-0.2, 0) is 49.0 Å². The Hall–Kier alpha value is -7.26. The van der Waals surface area contributed by atoms with Gasteiger partial charge in [0.25, 0.3) is 17.7 Å². The summed E-state index contributed by atoms with van der Waals surface area (Å²) < 4.78 is 24.6. The van der Waals surface area contributed by atoms with E-state index in [4.69, 9.17) is 18.9 Å². The SMILES string of the molecule is COc1ccc([Si](C)(C)[C@H]2[C@H](CC(=O)N3Cc4ccccc4C[C@H]3CO)O[C@@]3(C(=O)N(Cc4ccc(N5C(=O)COc6ccccc65)cc4)c4ccc(N5C(=O)COc6ccccc65)cc43)[C@@H]2C)cc1. The molecule has 0 unspecified atom stereocenters. The Morgan fingerprint density at radius 3 is 1.99 bits per heavy atom. The van der Waals surface area contributed by atoms with Crippen molar-refractivity contribution in [2.75, 3.05) is 41.6 Å². The van der Waals surface area contributed by atoms with Crippen LogP contribution in [0, 0.1) is 5.92 Å². The fourth-order valence-electron chi connectivity index (χ4n) is 11.8. The second-order valence-corrected chi connectivity index (χ2v) is 24.1. The third-order valence-corrected chi connectivity index (χ3v) is 19.6. The molecule has 5 heterocycles. The second-order valence-electron chi connectivity index (χ2n) is 19.4. The van der Waals surface area contributed by atoms with E-state index >= 15 is 4.79 Å². The molecule has 6 aromatic rings. The molecule has 11 rings (SSSR count). The first-order chi connectivity index (χ1) is 33.9. The van der Waals surface area contributed by atoms with Gasteiger partial charge in [0.05, 0.1) is 64.0 Å². The molecule has 13 nitrogen and oxygen atoms in total. The maximum Gasteiger partial charge on any atom is 0.269 e. The number of methoxy groups -OCH3 is 1. The highest BCUT2D eigenvalue weighted by Crippen LogP contribution is 2.61. The topological polar surface area (TPSA) is 138 Å². The molecule has 4 amide bonds. The van der Waals surface area contributed by atoms with E-state index in [1.165, 1.54) is 0 Å². The normalized spacial score (nSPS) is 22.6. The molecular weight excluding hydrogens is 901 g/mol. The first-order valence-electron chi connectivity index (χ1n) is 23.9. The fraction of sp³-hybridized carbons (Fsp3) is 0.286. The van der Waals surface area contributed by atoms with Crippen LogP contribution in [0.15, 0.2) is 140 Å². The zero-order chi connectivity index (χ0) is 48.5. The van der Waals surface area contributed by atoms with Gasteiger partial charge < -0.3 is 33.9 Å². The fourth-order valence-corrected chi connectivity index (χ4v) is 15.8. The Balaban J connectivity index is 1.01. The Kier molecular flexibility index (Phi) is 11.4. The van der Waals surface area contributed by atoms with Crippen molar-refractivity contribution < 1.29 is 43.2 Å². The average molecular weight is 955 g/mol. The van der Waals surface area contributed by atoms with Crippen LogP contribution in [0.25, 0.3) is 0 Å². The standard InChI is InChI=1S/C56H54N4O9Si/c1-35-54(70(3,4)43-24-22-42(66-2)23-25-43)50(29-51(62)57-31-38-12-6-5-11-37(38)27-41(57)32-61)69-56(35)44-28-40(60-47-14-8-10-16-49(47)68-34-53(60)64)21-26-45(44)58(55(56)65)30-36-17-19-39(20-18-36)59-46-13-7-9-15-48(46)67-33-52(59)63/h5-26,28,35,41,50,54,61H,27,29-34H2,1-4H3/t35-,41+,50+,54-,56+/m1/s1. The van der Waals surface area contributed by atoms with Crippen molar-refractivity contribution in [3.05, 3.63) is 162 Å². The summed E-state index contributed by atoms with van der Waals surface area (Å²) in [4.78, 5) is 64.9. The van der Waals surface area contributed by atoms with Gasteiger partial charge in [-0.25, -0.2) is 0 Å². The van der Waals surface area contributed by atoms with Crippen LogP contribution < -0.4 is 34.1 Å². The molecule has 0 aromatic heterocycles. The number of para-hydroxylation sites is 4. The molecule has 5 atom stereocenters. The number of amides is 4. The number of carbonyl (C=O) groups is 4. The smallest absolute Gasteiger partial charge is 0.269 e. The molecule has 5 aliphatic heterocycles. The van der Waals surface area contributed by atoms with E-state index in [1.807, 2.05) is 121 Å². The largest absolute Gasteiger partial charge is 0.497 e. The minimum Gasteiger partial charge on any atom is -0.497 e. The number of nitrogens with zero attached hydrogens (tertiary/aromatic N) is 4. The van der Waals surface area contributed by atoms with E-state index in [9.17, 15) is 19.5 Å². The van der Waals surface area contributed by atoms with Gasteiger partial charge in [0.2, 0.25) is 5.91 Å². The highest BCUT2D eigenvalue weighted by atomic mass is 28.3. The number of benzene rings is 6. The quantitative estimate of drug-likeness (QED) is 0.136.